The highest BCUT2D eigenvalue weighted by Crippen LogP contribution is 2.34. The molecular formula is C29H28FN5O4S. The Balaban J connectivity index is 1.88. The number of aromatic hydroxyl groups is 1. The molecule has 4 rings (SSSR count). The number of pyridine rings is 2. The van der Waals surface area contributed by atoms with Crippen molar-refractivity contribution in [3.63, 3.8) is 0 Å². The minimum Gasteiger partial charge on any atom is -0.493 e. The largest absolute Gasteiger partial charge is 0.493 e. The highest BCUT2D eigenvalue weighted by Gasteiger charge is 2.32. The van der Waals surface area contributed by atoms with Gasteiger partial charge >= 0.3 is 0 Å². The van der Waals surface area contributed by atoms with Crippen molar-refractivity contribution in [2.45, 2.75) is 62.3 Å². The molecule has 0 aliphatic heterocycles. The molecule has 11 heteroatoms. The van der Waals surface area contributed by atoms with Crippen LogP contribution in [0.4, 0.5) is 4.39 Å². The highest BCUT2D eigenvalue weighted by molar-refractivity contribution is 7.91. The standard InChI is InChI=1S/C29H28FN5O4S/c1-4-6-10-25-34-28(36)26(29(37)35(25)24(5-2)23-9-7-8-20(17-31)33-23)40(38,39)21-13-11-19(12-14-21)22-15-16-32-27(30)18(22)3/h7-9,11-16,24,37H,4-6,10H2,1-3H3/t24-/m0/s1. The summed E-state index contributed by atoms with van der Waals surface area (Å²) in [6, 6.07) is 13.4. The second kappa shape index (κ2) is 11.8. The topological polar surface area (TPSA) is 139 Å². The third kappa shape index (κ3) is 5.35. The lowest BCUT2D eigenvalue weighted by molar-refractivity contribution is 0.355. The number of hydrogen-bond acceptors (Lipinski definition) is 8. The van der Waals surface area contributed by atoms with Gasteiger partial charge in [-0.25, -0.2) is 18.4 Å². The van der Waals surface area contributed by atoms with Gasteiger partial charge in [0, 0.05) is 18.2 Å². The van der Waals surface area contributed by atoms with Gasteiger partial charge in [0.15, 0.2) is 4.90 Å². The maximum absolute atomic E-state index is 14.0. The minimum absolute atomic E-state index is 0.164. The molecule has 1 aromatic carbocycles. The number of rotatable bonds is 9. The van der Waals surface area contributed by atoms with Crippen molar-refractivity contribution in [2.24, 2.45) is 0 Å². The van der Waals surface area contributed by atoms with Gasteiger partial charge in [0.05, 0.1) is 16.6 Å². The van der Waals surface area contributed by atoms with E-state index < -0.39 is 38.2 Å². The van der Waals surface area contributed by atoms with E-state index in [0.29, 0.717) is 41.6 Å². The minimum atomic E-state index is -4.52. The number of unbranched alkanes of at least 4 members (excludes halogenated alkanes) is 1. The lowest BCUT2D eigenvalue weighted by atomic mass is 10.0. The first-order chi connectivity index (χ1) is 19.1. The molecule has 0 saturated heterocycles. The Labute approximate surface area is 231 Å². The lowest BCUT2D eigenvalue weighted by Gasteiger charge is -2.24. The van der Waals surface area contributed by atoms with Crippen molar-refractivity contribution in [1.29, 1.82) is 5.26 Å². The lowest BCUT2D eigenvalue weighted by Crippen LogP contribution is -2.28. The Morgan fingerprint density at radius 1 is 1.10 bits per heavy atom. The molecule has 0 saturated carbocycles. The number of sulfone groups is 1. The van der Waals surface area contributed by atoms with Gasteiger partial charge in [0.25, 0.3) is 5.56 Å². The van der Waals surface area contributed by atoms with Crippen molar-refractivity contribution in [1.82, 2.24) is 19.5 Å². The van der Waals surface area contributed by atoms with Crippen LogP contribution >= 0.6 is 0 Å². The third-order valence-electron chi connectivity index (χ3n) is 6.70. The van der Waals surface area contributed by atoms with E-state index in [4.69, 9.17) is 0 Å². The molecule has 0 spiro atoms. The van der Waals surface area contributed by atoms with Gasteiger partial charge in [-0.1, -0.05) is 38.5 Å². The van der Waals surface area contributed by atoms with Gasteiger partial charge in [0.2, 0.25) is 21.7 Å². The molecule has 9 nitrogen and oxygen atoms in total. The SMILES string of the molecule is CCCCc1nc(=O)c(S(=O)(=O)c2ccc(-c3ccnc(F)c3C)cc2)c(O)n1[C@@H](CC)c1cccc(C#N)n1. The monoisotopic (exact) mass is 561 g/mol. The molecule has 1 atom stereocenters. The molecule has 3 heterocycles. The molecule has 0 bridgehead atoms. The number of halogens is 1. The molecule has 1 N–H and O–H groups in total. The summed E-state index contributed by atoms with van der Waals surface area (Å²) in [6.07, 6.45) is 3.44. The van der Waals surface area contributed by atoms with Gasteiger partial charge < -0.3 is 5.11 Å². The molecule has 4 aromatic rings. The van der Waals surface area contributed by atoms with Crippen LogP contribution in [0.25, 0.3) is 11.1 Å². The molecule has 0 aliphatic carbocycles. The summed E-state index contributed by atoms with van der Waals surface area (Å²) in [5.74, 6) is -1.14. The van der Waals surface area contributed by atoms with Crippen LogP contribution in [-0.4, -0.2) is 33.0 Å². The zero-order valence-electron chi connectivity index (χ0n) is 22.3. The van der Waals surface area contributed by atoms with Gasteiger partial charge in [-0.2, -0.15) is 14.6 Å². The van der Waals surface area contributed by atoms with E-state index in [1.54, 1.807) is 31.2 Å². The van der Waals surface area contributed by atoms with Gasteiger partial charge in [-0.05, 0) is 61.2 Å². The quantitative estimate of drug-likeness (QED) is 0.285. The first-order valence-electron chi connectivity index (χ1n) is 12.8. The zero-order valence-corrected chi connectivity index (χ0v) is 23.1. The summed E-state index contributed by atoms with van der Waals surface area (Å²) >= 11 is 0. The van der Waals surface area contributed by atoms with Crippen LogP contribution in [0.3, 0.4) is 0 Å². The van der Waals surface area contributed by atoms with Crippen molar-refractivity contribution in [2.75, 3.05) is 0 Å². The van der Waals surface area contributed by atoms with Crippen LogP contribution < -0.4 is 5.56 Å². The zero-order chi connectivity index (χ0) is 29.0. The summed E-state index contributed by atoms with van der Waals surface area (Å²) in [5.41, 5.74) is 0.933. The molecule has 40 heavy (non-hydrogen) atoms. The summed E-state index contributed by atoms with van der Waals surface area (Å²) in [7, 11) is -4.52. The fraction of sp³-hybridized carbons (Fsp3) is 0.276. The van der Waals surface area contributed by atoms with Crippen LogP contribution in [-0.2, 0) is 16.3 Å². The first-order valence-corrected chi connectivity index (χ1v) is 14.3. The Bertz CT molecular complexity index is 1760. The summed E-state index contributed by atoms with van der Waals surface area (Å²) in [5, 5.41) is 20.8. The Hall–Kier alpha value is -4.43. The van der Waals surface area contributed by atoms with Crippen molar-refractivity contribution in [3.8, 4) is 23.1 Å². The molecule has 0 fully saturated rings. The molecule has 206 valence electrons. The average molecular weight is 562 g/mol. The Kier molecular flexibility index (Phi) is 8.40. The average Bonchev–Trinajstić information content (AvgIpc) is 2.95. The number of aryl methyl sites for hydroxylation is 1. The second-order valence-electron chi connectivity index (χ2n) is 9.25. The van der Waals surface area contributed by atoms with Crippen LogP contribution in [0, 0.1) is 24.2 Å². The third-order valence-corrected chi connectivity index (χ3v) is 8.49. The molecule has 0 amide bonds. The van der Waals surface area contributed by atoms with E-state index in [9.17, 15) is 28.0 Å². The first kappa shape index (κ1) is 28.6. The van der Waals surface area contributed by atoms with Crippen molar-refractivity contribution in [3.05, 3.63) is 93.8 Å². The van der Waals surface area contributed by atoms with E-state index in [-0.39, 0.29) is 16.4 Å². The normalized spacial score (nSPS) is 12.2. The fourth-order valence-corrected chi connectivity index (χ4v) is 5.95. The smallest absolute Gasteiger partial charge is 0.296 e. The molecule has 3 aromatic heterocycles. The number of benzene rings is 1. The number of hydrogen-bond donors (Lipinski definition) is 1. The van der Waals surface area contributed by atoms with Crippen LogP contribution in [0.1, 0.15) is 61.9 Å². The number of aromatic nitrogens is 4. The molecule has 0 radical (unpaired) electrons. The summed E-state index contributed by atoms with van der Waals surface area (Å²) in [4.78, 5) is 24.1. The van der Waals surface area contributed by atoms with Crippen molar-refractivity contribution < 1.29 is 17.9 Å². The summed E-state index contributed by atoms with van der Waals surface area (Å²) in [6.45, 7) is 5.35. The maximum Gasteiger partial charge on any atom is 0.296 e. The molecular weight excluding hydrogens is 533 g/mol. The van der Waals surface area contributed by atoms with E-state index in [2.05, 4.69) is 15.0 Å². The van der Waals surface area contributed by atoms with Gasteiger partial charge in [-0.3, -0.25) is 9.36 Å². The molecule has 0 unspecified atom stereocenters. The number of nitriles is 1. The van der Waals surface area contributed by atoms with E-state index >= 15 is 0 Å². The van der Waals surface area contributed by atoms with Gasteiger partial charge in [0.1, 0.15) is 17.6 Å². The molecule has 0 aliphatic rings. The predicted molar refractivity (Wildman–Crippen MR) is 146 cm³/mol. The Morgan fingerprint density at radius 2 is 1.82 bits per heavy atom. The Morgan fingerprint density at radius 3 is 2.48 bits per heavy atom. The summed E-state index contributed by atoms with van der Waals surface area (Å²) < 4.78 is 42.7. The predicted octanol–water partition coefficient (Wildman–Crippen LogP) is 4.90. The highest BCUT2D eigenvalue weighted by atomic mass is 32.2. The van der Waals surface area contributed by atoms with E-state index in [1.807, 2.05) is 19.9 Å². The van der Waals surface area contributed by atoms with E-state index in [0.717, 1.165) is 6.42 Å². The van der Waals surface area contributed by atoms with Crippen LogP contribution in [0.2, 0.25) is 0 Å². The van der Waals surface area contributed by atoms with Crippen LogP contribution in [0.15, 0.2) is 69.3 Å². The maximum atomic E-state index is 14.0. The fourth-order valence-electron chi connectivity index (χ4n) is 4.60. The van der Waals surface area contributed by atoms with Gasteiger partial charge in [-0.15, -0.1) is 0 Å². The number of nitrogens with zero attached hydrogens (tertiary/aromatic N) is 5. The van der Waals surface area contributed by atoms with Crippen LogP contribution in [0.5, 0.6) is 5.88 Å². The second-order valence-corrected chi connectivity index (χ2v) is 11.1. The van der Waals surface area contributed by atoms with E-state index in [1.165, 1.54) is 35.0 Å². The van der Waals surface area contributed by atoms with Crippen molar-refractivity contribution >= 4 is 9.84 Å².